The van der Waals surface area contributed by atoms with Crippen LogP contribution < -0.4 is 10.5 Å². The maximum Gasteiger partial charge on any atom is 0.258 e. The van der Waals surface area contributed by atoms with Crippen LogP contribution in [0.5, 0.6) is 0 Å². The van der Waals surface area contributed by atoms with E-state index < -0.39 is 0 Å². The van der Waals surface area contributed by atoms with E-state index >= 15 is 0 Å². The Morgan fingerprint density at radius 2 is 2.04 bits per heavy atom. The third-order valence-corrected chi connectivity index (χ3v) is 4.81. The molecule has 4 rings (SSSR count). The van der Waals surface area contributed by atoms with Crippen molar-refractivity contribution in [3.8, 4) is 0 Å². The Labute approximate surface area is 135 Å². The molecule has 0 atom stereocenters. The molecule has 1 aromatic carbocycles. The quantitative estimate of drug-likeness (QED) is 0.913. The molecular weight excluding hydrogens is 292 g/mol. The summed E-state index contributed by atoms with van der Waals surface area (Å²) >= 11 is 0. The molecule has 1 aromatic heterocycles. The number of hydrogen-bond donors (Lipinski definition) is 1. The molecule has 2 aliphatic rings. The van der Waals surface area contributed by atoms with E-state index in [1.54, 1.807) is 0 Å². The van der Waals surface area contributed by atoms with Gasteiger partial charge in [0, 0.05) is 38.4 Å². The summed E-state index contributed by atoms with van der Waals surface area (Å²) in [7, 11) is 0. The largest absolute Gasteiger partial charge is 0.379 e. The third kappa shape index (κ3) is 2.84. The van der Waals surface area contributed by atoms with Crippen molar-refractivity contribution < 1.29 is 4.74 Å². The predicted octanol–water partition coefficient (Wildman–Crippen LogP) is 0.926. The molecule has 2 aliphatic heterocycles. The van der Waals surface area contributed by atoms with Crippen LogP contribution in [0.3, 0.4) is 0 Å². The van der Waals surface area contributed by atoms with E-state index in [4.69, 9.17) is 4.74 Å². The number of aromatic amines is 1. The molecule has 1 fully saturated rings. The second-order valence-corrected chi connectivity index (χ2v) is 6.34. The lowest BCUT2D eigenvalue weighted by atomic mass is 10.1. The average molecular weight is 314 g/mol. The van der Waals surface area contributed by atoms with Crippen molar-refractivity contribution in [3.05, 3.63) is 33.9 Å². The van der Waals surface area contributed by atoms with Crippen LogP contribution in [0.25, 0.3) is 10.9 Å². The first kappa shape index (κ1) is 14.7. The van der Waals surface area contributed by atoms with E-state index in [1.807, 2.05) is 13.0 Å². The van der Waals surface area contributed by atoms with Gasteiger partial charge in [-0.1, -0.05) is 0 Å². The summed E-state index contributed by atoms with van der Waals surface area (Å²) in [5, 5.41) is 0.688. The van der Waals surface area contributed by atoms with Crippen molar-refractivity contribution in [3.63, 3.8) is 0 Å². The molecule has 0 spiro atoms. The summed E-state index contributed by atoms with van der Waals surface area (Å²) in [4.78, 5) is 24.3. The minimum atomic E-state index is -0.0460. The molecule has 0 saturated carbocycles. The zero-order valence-corrected chi connectivity index (χ0v) is 13.5. The van der Waals surface area contributed by atoms with Gasteiger partial charge in [-0.2, -0.15) is 0 Å². The van der Waals surface area contributed by atoms with Gasteiger partial charge in [-0.25, -0.2) is 4.98 Å². The number of anilines is 1. The monoisotopic (exact) mass is 314 g/mol. The lowest BCUT2D eigenvalue weighted by molar-refractivity contribution is 0.0392. The van der Waals surface area contributed by atoms with Gasteiger partial charge in [0.15, 0.2) is 0 Å². The molecule has 3 heterocycles. The van der Waals surface area contributed by atoms with Crippen molar-refractivity contribution in [2.75, 3.05) is 50.8 Å². The lowest BCUT2D eigenvalue weighted by Crippen LogP contribution is -2.41. The van der Waals surface area contributed by atoms with E-state index in [-0.39, 0.29) is 5.56 Å². The summed E-state index contributed by atoms with van der Waals surface area (Å²) < 4.78 is 5.40. The smallest absolute Gasteiger partial charge is 0.258 e. The number of ether oxygens (including phenoxy) is 1. The van der Waals surface area contributed by atoms with Crippen LogP contribution in [0.15, 0.2) is 16.9 Å². The number of fused-ring (bicyclic) bond motifs is 2. The Hall–Kier alpha value is -1.92. The van der Waals surface area contributed by atoms with Crippen molar-refractivity contribution in [2.24, 2.45) is 0 Å². The molecule has 6 nitrogen and oxygen atoms in total. The van der Waals surface area contributed by atoms with Gasteiger partial charge in [-0.05, 0) is 31.0 Å². The summed E-state index contributed by atoms with van der Waals surface area (Å²) in [5.74, 6) is 0.671. The van der Waals surface area contributed by atoms with Crippen molar-refractivity contribution >= 4 is 16.6 Å². The summed E-state index contributed by atoms with van der Waals surface area (Å²) in [6.45, 7) is 8.58. The molecule has 0 bridgehead atoms. The van der Waals surface area contributed by atoms with Crippen LogP contribution in [0.1, 0.15) is 11.4 Å². The SMILES string of the molecule is Cc1nc2cc3c(cc2c(=O)[nH]1)N(CCN1CCOCC1)CC3. The van der Waals surface area contributed by atoms with Crippen molar-refractivity contribution in [1.29, 1.82) is 0 Å². The van der Waals surface area contributed by atoms with Crippen LogP contribution in [0, 0.1) is 6.92 Å². The van der Waals surface area contributed by atoms with Crippen LogP contribution in [-0.4, -0.2) is 60.8 Å². The number of H-pyrrole nitrogens is 1. The standard InChI is InChI=1S/C17H22N4O2/c1-12-18-15-10-13-2-3-21(5-4-20-6-8-23-9-7-20)16(13)11-14(15)17(22)19-12/h10-11H,2-9H2,1H3,(H,18,19,22). The number of aryl methyl sites for hydroxylation is 1. The number of rotatable bonds is 3. The van der Waals surface area contributed by atoms with E-state index in [0.717, 1.165) is 57.9 Å². The first-order chi connectivity index (χ1) is 11.2. The highest BCUT2D eigenvalue weighted by molar-refractivity contribution is 5.84. The average Bonchev–Trinajstić information content (AvgIpc) is 2.94. The summed E-state index contributed by atoms with van der Waals surface area (Å²) in [6, 6.07) is 4.10. The van der Waals surface area contributed by atoms with Crippen molar-refractivity contribution in [1.82, 2.24) is 14.9 Å². The van der Waals surface area contributed by atoms with Crippen LogP contribution in [0.2, 0.25) is 0 Å². The Morgan fingerprint density at radius 3 is 2.87 bits per heavy atom. The first-order valence-electron chi connectivity index (χ1n) is 8.29. The molecule has 1 N–H and O–H groups in total. The number of aromatic nitrogens is 2. The minimum absolute atomic E-state index is 0.0460. The van der Waals surface area contributed by atoms with Gasteiger partial charge in [0.05, 0.1) is 24.1 Å². The Balaban J connectivity index is 1.58. The predicted molar refractivity (Wildman–Crippen MR) is 90.3 cm³/mol. The summed E-state index contributed by atoms with van der Waals surface area (Å²) in [6.07, 6.45) is 1.03. The highest BCUT2D eigenvalue weighted by atomic mass is 16.5. The van der Waals surface area contributed by atoms with Crippen molar-refractivity contribution in [2.45, 2.75) is 13.3 Å². The normalized spacial score (nSPS) is 18.6. The zero-order valence-electron chi connectivity index (χ0n) is 13.5. The number of hydrogen-bond acceptors (Lipinski definition) is 5. The molecule has 0 amide bonds. The fraction of sp³-hybridized carbons (Fsp3) is 0.529. The van der Waals surface area contributed by atoms with E-state index in [9.17, 15) is 4.79 Å². The minimum Gasteiger partial charge on any atom is -0.379 e. The Kier molecular flexibility index (Phi) is 3.79. The van der Waals surface area contributed by atoms with Gasteiger partial charge in [0.1, 0.15) is 5.82 Å². The topological polar surface area (TPSA) is 61.5 Å². The lowest BCUT2D eigenvalue weighted by Gasteiger charge is -2.29. The maximum atomic E-state index is 12.2. The first-order valence-corrected chi connectivity index (χ1v) is 8.29. The van der Waals surface area contributed by atoms with Gasteiger partial charge in [0.25, 0.3) is 5.56 Å². The molecule has 6 heteroatoms. The molecule has 122 valence electrons. The second kappa shape index (κ2) is 5.94. The van der Waals surface area contributed by atoms with Crippen LogP contribution in [-0.2, 0) is 11.2 Å². The number of morpholine rings is 1. The molecule has 23 heavy (non-hydrogen) atoms. The van der Waals surface area contributed by atoms with E-state index in [1.165, 1.54) is 11.3 Å². The Bertz CT molecular complexity index is 780. The number of benzene rings is 1. The molecule has 0 aliphatic carbocycles. The van der Waals surface area contributed by atoms with Gasteiger partial charge >= 0.3 is 0 Å². The van der Waals surface area contributed by atoms with Gasteiger partial charge in [-0.3, -0.25) is 9.69 Å². The number of nitrogens with one attached hydrogen (secondary N) is 1. The zero-order chi connectivity index (χ0) is 15.8. The summed E-state index contributed by atoms with van der Waals surface area (Å²) in [5.41, 5.74) is 3.26. The molecule has 0 radical (unpaired) electrons. The molecule has 0 unspecified atom stereocenters. The maximum absolute atomic E-state index is 12.2. The molecule has 2 aromatic rings. The Morgan fingerprint density at radius 1 is 1.22 bits per heavy atom. The van der Waals surface area contributed by atoms with E-state index in [2.05, 4.69) is 25.8 Å². The second-order valence-electron chi connectivity index (χ2n) is 6.34. The fourth-order valence-electron chi connectivity index (χ4n) is 3.52. The molecule has 1 saturated heterocycles. The fourth-order valence-corrected chi connectivity index (χ4v) is 3.52. The highest BCUT2D eigenvalue weighted by Crippen LogP contribution is 2.30. The highest BCUT2D eigenvalue weighted by Gasteiger charge is 2.22. The van der Waals surface area contributed by atoms with Gasteiger partial charge in [0.2, 0.25) is 0 Å². The number of nitrogens with zero attached hydrogens (tertiary/aromatic N) is 3. The van der Waals surface area contributed by atoms with Gasteiger partial charge < -0.3 is 14.6 Å². The van der Waals surface area contributed by atoms with Gasteiger partial charge in [-0.15, -0.1) is 0 Å². The molecular formula is C17H22N4O2. The van der Waals surface area contributed by atoms with E-state index in [0.29, 0.717) is 11.2 Å². The van der Waals surface area contributed by atoms with Crippen LogP contribution in [0.4, 0.5) is 5.69 Å². The van der Waals surface area contributed by atoms with Crippen LogP contribution >= 0.6 is 0 Å². The third-order valence-electron chi connectivity index (χ3n) is 4.81.